The van der Waals surface area contributed by atoms with E-state index in [1.807, 2.05) is 0 Å². The summed E-state index contributed by atoms with van der Waals surface area (Å²) in [5, 5.41) is 34.6. The van der Waals surface area contributed by atoms with E-state index in [1.54, 1.807) is 39.8 Å². The summed E-state index contributed by atoms with van der Waals surface area (Å²) in [6.07, 6.45) is 2.76. The third kappa shape index (κ3) is 3.13. The van der Waals surface area contributed by atoms with Crippen LogP contribution in [0.4, 0.5) is 0 Å². The van der Waals surface area contributed by atoms with E-state index in [2.05, 4.69) is 0 Å². The lowest BCUT2D eigenvalue weighted by atomic mass is 9.63. The zero-order chi connectivity index (χ0) is 28.7. The van der Waals surface area contributed by atoms with E-state index in [0.29, 0.717) is 30.6 Å². The van der Waals surface area contributed by atoms with Gasteiger partial charge in [-0.1, -0.05) is 13.8 Å². The Morgan fingerprint density at radius 1 is 1.18 bits per heavy atom. The van der Waals surface area contributed by atoms with E-state index in [-0.39, 0.29) is 31.7 Å². The quantitative estimate of drug-likeness (QED) is 0.424. The normalized spacial score (nSPS) is 53.9. The highest BCUT2D eigenvalue weighted by Gasteiger charge is 2.84. The molecule has 0 aromatic rings. The van der Waals surface area contributed by atoms with Crippen molar-refractivity contribution in [3.05, 3.63) is 23.5 Å². The van der Waals surface area contributed by atoms with Crippen LogP contribution in [0.1, 0.15) is 66.2 Å². The average Bonchev–Trinajstić information content (AvgIpc) is 3.53. The summed E-state index contributed by atoms with van der Waals surface area (Å²) in [5.74, 6) is -6.96. The minimum atomic E-state index is -2.21. The Labute approximate surface area is 231 Å². The zero-order valence-electron chi connectivity index (χ0n) is 23.1. The maximum Gasteiger partial charge on any atom is 0.339 e. The van der Waals surface area contributed by atoms with E-state index in [1.165, 1.54) is 0 Å². The highest BCUT2D eigenvalue weighted by Crippen LogP contribution is 2.71. The number of aliphatic hydroxyl groups excluding tert-OH is 1. The first-order chi connectivity index (χ1) is 18.6. The molecule has 6 fully saturated rings. The van der Waals surface area contributed by atoms with E-state index < -0.39 is 75.7 Å². The third-order valence-electron chi connectivity index (χ3n) is 10.9. The van der Waals surface area contributed by atoms with Crippen molar-refractivity contribution in [1.82, 2.24) is 0 Å². The monoisotopic (exact) mass is 560 g/mol. The van der Waals surface area contributed by atoms with Crippen molar-refractivity contribution in [2.45, 2.75) is 107 Å². The lowest BCUT2D eigenvalue weighted by Crippen LogP contribution is -2.60. The number of esters is 2. The molecule has 0 aromatic carbocycles. The molecule has 40 heavy (non-hydrogen) atoms. The van der Waals surface area contributed by atoms with Crippen molar-refractivity contribution >= 4 is 17.7 Å². The number of cyclic esters (lactones) is 1. The van der Waals surface area contributed by atoms with Crippen molar-refractivity contribution in [3.8, 4) is 0 Å². The molecule has 2 spiro atoms. The number of carbonyl (C=O) groups excluding carboxylic acids is 3. The van der Waals surface area contributed by atoms with Crippen molar-refractivity contribution in [1.29, 1.82) is 0 Å². The molecule has 5 saturated heterocycles. The van der Waals surface area contributed by atoms with Crippen LogP contribution in [0.5, 0.6) is 0 Å². The second-order valence-corrected chi connectivity index (χ2v) is 13.6. The van der Waals surface area contributed by atoms with E-state index in [9.17, 15) is 29.7 Å². The van der Waals surface area contributed by atoms with Gasteiger partial charge in [0.15, 0.2) is 0 Å². The molecule has 7 rings (SSSR count). The maximum atomic E-state index is 13.9. The third-order valence-corrected chi connectivity index (χ3v) is 10.9. The van der Waals surface area contributed by atoms with Crippen molar-refractivity contribution in [3.63, 3.8) is 0 Å². The second-order valence-electron chi connectivity index (χ2n) is 13.6. The van der Waals surface area contributed by atoms with Crippen LogP contribution in [0.2, 0.25) is 0 Å². The molecule has 11 heteroatoms. The van der Waals surface area contributed by atoms with E-state index in [0.717, 1.165) is 0 Å². The molecule has 7 aliphatic rings. The van der Waals surface area contributed by atoms with Crippen LogP contribution in [0, 0.1) is 23.2 Å². The molecule has 11 atom stereocenters. The summed E-state index contributed by atoms with van der Waals surface area (Å²) in [5.41, 5.74) is -4.09. The fourth-order valence-corrected chi connectivity index (χ4v) is 9.30. The minimum absolute atomic E-state index is 0.0228. The maximum absolute atomic E-state index is 13.9. The van der Waals surface area contributed by atoms with Gasteiger partial charge in [0.25, 0.3) is 0 Å². The molecule has 1 aliphatic carbocycles. The highest BCUT2D eigenvalue weighted by atomic mass is 16.8. The molecule has 3 N–H and O–H groups in total. The standard InChI is InChI=1S/C29H36O11/c1-14(7-16-8-15(2)23(33)36-16)22(32)24(3)5-6-26-12-27-19(10-20(31)39-27)38-25(4,13-30)21(27)17-9-18(26)29(35,37-17)28(34,11-24)40-26/h7-8,14,17-19,21,30,34-35H,5-6,9-13H2,1-4H3/b16-7+/t14-,17+,18-,19-,21+,24+,25+,26+,27+,28+,29-/m1/s1. The first-order valence-corrected chi connectivity index (χ1v) is 14.1. The number of ketones is 1. The number of fused-ring (bicyclic) bond motifs is 4. The summed E-state index contributed by atoms with van der Waals surface area (Å²) in [7, 11) is 0. The van der Waals surface area contributed by atoms with E-state index in [4.69, 9.17) is 23.7 Å². The van der Waals surface area contributed by atoms with Crippen molar-refractivity contribution in [2.24, 2.45) is 23.2 Å². The molecular formula is C29H36O11. The lowest BCUT2D eigenvalue weighted by molar-refractivity contribution is -0.361. The topological polar surface area (TPSA) is 158 Å². The van der Waals surface area contributed by atoms with Crippen LogP contribution in [0.3, 0.4) is 0 Å². The van der Waals surface area contributed by atoms with Crippen LogP contribution in [0.15, 0.2) is 23.5 Å². The van der Waals surface area contributed by atoms with Gasteiger partial charge in [0, 0.05) is 29.7 Å². The lowest BCUT2D eigenvalue weighted by Gasteiger charge is -2.46. The molecule has 0 amide bonds. The molecule has 218 valence electrons. The van der Waals surface area contributed by atoms with Crippen molar-refractivity contribution < 1.29 is 53.4 Å². The largest absolute Gasteiger partial charge is 0.456 e. The SMILES string of the molecule is CC1=C/C(=C\[C@@H](C)C(=O)[C@@]2(C)CC[C@]34C[C@]56OC(=O)C[C@H]5O[C@@](C)(CO)[C@@H]6[C@@H]5C[C@H]3[C@@](O)(O5)[C@](O)(C2)O4)OC1=O. The summed E-state index contributed by atoms with van der Waals surface area (Å²) in [4.78, 5) is 38.3. The van der Waals surface area contributed by atoms with Crippen LogP contribution in [-0.4, -0.2) is 80.2 Å². The van der Waals surface area contributed by atoms with Crippen LogP contribution in [0.25, 0.3) is 0 Å². The first-order valence-electron chi connectivity index (χ1n) is 14.1. The second kappa shape index (κ2) is 7.81. The van der Waals surface area contributed by atoms with Gasteiger partial charge >= 0.3 is 11.9 Å². The van der Waals surface area contributed by atoms with Gasteiger partial charge in [-0.2, -0.15) is 0 Å². The number of ether oxygens (including phenoxy) is 5. The molecule has 6 aliphatic heterocycles. The Hall–Kier alpha value is -2.15. The Bertz CT molecular complexity index is 1290. The van der Waals surface area contributed by atoms with Crippen LogP contribution < -0.4 is 0 Å². The van der Waals surface area contributed by atoms with Crippen LogP contribution >= 0.6 is 0 Å². The number of carbonyl (C=O) groups is 3. The fourth-order valence-electron chi connectivity index (χ4n) is 9.30. The highest BCUT2D eigenvalue weighted by molar-refractivity contribution is 5.93. The zero-order valence-corrected chi connectivity index (χ0v) is 23.1. The number of Topliss-reactive ketones (excluding diaryl/α,β-unsaturated/α-hetero) is 1. The Balaban J connectivity index is 1.27. The number of hydrogen-bond acceptors (Lipinski definition) is 11. The van der Waals surface area contributed by atoms with Gasteiger partial charge in [-0.15, -0.1) is 0 Å². The summed E-state index contributed by atoms with van der Waals surface area (Å²) in [6.45, 7) is 6.52. The van der Waals surface area contributed by atoms with Gasteiger partial charge in [0.05, 0.1) is 42.2 Å². The molecule has 6 heterocycles. The van der Waals surface area contributed by atoms with E-state index >= 15 is 0 Å². The Morgan fingerprint density at radius 2 is 1.93 bits per heavy atom. The minimum Gasteiger partial charge on any atom is -0.456 e. The van der Waals surface area contributed by atoms with Crippen LogP contribution in [-0.2, 0) is 38.1 Å². The van der Waals surface area contributed by atoms with Crippen molar-refractivity contribution in [2.75, 3.05) is 6.61 Å². The fraction of sp³-hybridized carbons (Fsp3) is 0.759. The summed E-state index contributed by atoms with van der Waals surface area (Å²) < 4.78 is 30.4. The molecule has 0 unspecified atom stereocenters. The number of hydrogen-bond donors (Lipinski definition) is 3. The molecule has 0 aromatic heterocycles. The molecule has 4 bridgehead atoms. The number of allylic oxidation sites excluding steroid dienone is 2. The van der Waals surface area contributed by atoms with Gasteiger partial charge in [0.2, 0.25) is 11.6 Å². The predicted octanol–water partition coefficient (Wildman–Crippen LogP) is 1.18. The summed E-state index contributed by atoms with van der Waals surface area (Å²) in [6, 6.07) is 0. The Morgan fingerprint density at radius 3 is 2.60 bits per heavy atom. The molecule has 1 saturated carbocycles. The smallest absolute Gasteiger partial charge is 0.339 e. The molecular weight excluding hydrogens is 524 g/mol. The number of aliphatic hydroxyl groups is 3. The number of rotatable bonds is 4. The van der Waals surface area contributed by atoms with Gasteiger partial charge in [-0.25, -0.2) is 4.79 Å². The van der Waals surface area contributed by atoms with Gasteiger partial charge in [-0.05, 0) is 45.3 Å². The average molecular weight is 561 g/mol. The van der Waals surface area contributed by atoms with Gasteiger partial charge in [0.1, 0.15) is 23.2 Å². The molecule has 0 radical (unpaired) electrons. The first kappa shape index (κ1) is 26.7. The van der Waals surface area contributed by atoms with Gasteiger partial charge < -0.3 is 39.0 Å². The molecule has 11 nitrogen and oxygen atoms in total. The Kier molecular flexibility index (Phi) is 5.22. The predicted molar refractivity (Wildman–Crippen MR) is 133 cm³/mol. The summed E-state index contributed by atoms with van der Waals surface area (Å²) >= 11 is 0. The van der Waals surface area contributed by atoms with Gasteiger partial charge in [-0.3, -0.25) is 9.59 Å².